The maximum atomic E-state index is 14.4. The molecule has 1 spiro atoms. The topological polar surface area (TPSA) is 96.4 Å². The molecule has 1 unspecified atom stereocenters. The van der Waals surface area contributed by atoms with E-state index < -0.39 is 36.6 Å². The maximum Gasteiger partial charge on any atom is 0.342 e. The van der Waals surface area contributed by atoms with Crippen molar-refractivity contribution in [3.8, 4) is 17.0 Å². The second-order valence-corrected chi connectivity index (χ2v) is 9.92. The van der Waals surface area contributed by atoms with Crippen LogP contribution in [-0.4, -0.2) is 97.7 Å². The number of halogens is 4. The molecule has 5 rings (SSSR count). The number of amides is 2. The molecule has 1 aromatic heterocycles. The van der Waals surface area contributed by atoms with Crippen molar-refractivity contribution in [3.05, 3.63) is 35.9 Å². The van der Waals surface area contributed by atoms with E-state index in [1.54, 1.807) is 24.3 Å². The van der Waals surface area contributed by atoms with Gasteiger partial charge in [-0.1, -0.05) is 6.07 Å². The van der Waals surface area contributed by atoms with Gasteiger partial charge in [-0.25, -0.2) is 4.79 Å². The number of aliphatic hydroxyl groups excluding tert-OH is 1. The Morgan fingerprint density at radius 1 is 1.15 bits per heavy atom. The van der Waals surface area contributed by atoms with Gasteiger partial charge < -0.3 is 34.4 Å². The Morgan fingerprint density at radius 2 is 1.92 bits per heavy atom. The molecule has 3 fully saturated rings. The lowest BCUT2D eigenvalue weighted by Crippen LogP contribution is -2.54. The summed E-state index contributed by atoms with van der Waals surface area (Å²) in [5.41, 5.74) is 0.413. The number of benzene rings is 1. The molecule has 4 heterocycles. The molecule has 13 heteroatoms. The third-order valence-corrected chi connectivity index (χ3v) is 7.34. The second-order valence-electron chi connectivity index (χ2n) is 9.92. The molecule has 3 aliphatic heterocycles. The average Bonchev–Trinajstić information content (AvgIpc) is 3.45. The smallest absolute Gasteiger partial charge is 0.342 e. The van der Waals surface area contributed by atoms with Gasteiger partial charge in [-0.05, 0) is 41.8 Å². The largest absolute Gasteiger partial charge is 0.475 e. The number of nitrogens with one attached hydrogen (secondary N) is 1. The number of urea groups is 1. The predicted octanol–water partition coefficient (Wildman–Crippen LogP) is 3.54. The van der Waals surface area contributed by atoms with Crippen LogP contribution in [0.1, 0.15) is 12.0 Å². The van der Waals surface area contributed by atoms with Crippen molar-refractivity contribution in [1.29, 1.82) is 0 Å². The summed E-state index contributed by atoms with van der Waals surface area (Å²) in [5, 5.41) is 11.9. The molecule has 2 aromatic rings. The zero-order valence-electron chi connectivity index (χ0n) is 21.4. The maximum absolute atomic E-state index is 14.4. The Bertz CT molecular complexity index is 1230. The van der Waals surface area contributed by atoms with Crippen molar-refractivity contribution in [1.82, 2.24) is 9.88 Å². The standard InChI is InChI=1S/C26H30F4N4O5/c1-17-2-3-19(31-23(36)34-5-4-24(15-34)26(29,30)25(27,28)16-39-24)14-20(17)18-12-21(33-6-9-37-10-7-33)32-22(13-18)38-11-8-35/h2-3,12-14,35H,4-11,15-16H2,1H3,(H,31,36). The lowest BCUT2D eigenvalue weighted by atomic mass is 9.93. The molecular weight excluding hydrogens is 524 g/mol. The molecule has 1 aromatic carbocycles. The van der Waals surface area contributed by atoms with Gasteiger partial charge in [-0.15, -0.1) is 0 Å². The Morgan fingerprint density at radius 3 is 2.62 bits per heavy atom. The molecule has 2 N–H and O–H groups in total. The second kappa shape index (κ2) is 10.4. The van der Waals surface area contributed by atoms with E-state index in [1.807, 2.05) is 13.0 Å². The van der Waals surface area contributed by atoms with Gasteiger partial charge in [0, 0.05) is 37.8 Å². The molecule has 212 valence electrons. The third kappa shape index (κ3) is 5.10. The van der Waals surface area contributed by atoms with E-state index in [2.05, 4.69) is 15.2 Å². The minimum Gasteiger partial charge on any atom is -0.475 e. The third-order valence-electron chi connectivity index (χ3n) is 7.34. The number of carbonyl (C=O) groups is 1. The van der Waals surface area contributed by atoms with Gasteiger partial charge in [0.05, 0.1) is 26.4 Å². The number of morpholine rings is 1. The number of rotatable bonds is 6. The van der Waals surface area contributed by atoms with Crippen LogP contribution in [-0.2, 0) is 9.47 Å². The van der Waals surface area contributed by atoms with Gasteiger partial charge in [0.1, 0.15) is 19.0 Å². The molecule has 2 amide bonds. The number of hydrogen-bond donors (Lipinski definition) is 2. The van der Waals surface area contributed by atoms with Crippen LogP contribution in [0.25, 0.3) is 11.1 Å². The van der Waals surface area contributed by atoms with Gasteiger partial charge in [0.25, 0.3) is 0 Å². The summed E-state index contributed by atoms with van der Waals surface area (Å²) in [6.45, 7) is 2.05. The Labute approximate surface area is 222 Å². The Balaban J connectivity index is 1.37. The number of aryl methyl sites for hydroxylation is 1. The first kappa shape index (κ1) is 27.4. The predicted molar refractivity (Wildman–Crippen MR) is 134 cm³/mol. The van der Waals surface area contributed by atoms with Crippen LogP contribution in [0.5, 0.6) is 5.88 Å². The number of nitrogens with zero attached hydrogens (tertiary/aromatic N) is 3. The molecule has 0 bridgehead atoms. The van der Waals surface area contributed by atoms with Gasteiger partial charge in [0.15, 0.2) is 5.60 Å². The van der Waals surface area contributed by atoms with Crippen molar-refractivity contribution in [2.75, 3.05) is 69.4 Å². The van der Waals surface area contributed by atoms with Crippen LogP contribution in [0, 0.1) is 6.92 Å². The molecular formula is C26H30F4N4O5. The van der Waals surface area contributed by atoms with E-state index in [0.717, 1.165) is 21.6 Å². The fourth-order valence-electron chi connectivity index (χ4n) is 5.11. The van der Waals surface area contributed by atoms with E-state index >= 15 is 0 Å². The molecule has 0 aliphatic carbocycles. The summed E-state index contributed by atoms with van der Waals surface area (Å²) in [7, 11) is 0. The first-order valence-corrected chi connectivity index (χ1v) is 12.7. The number of hydrogen-bond acceptors (Lipinski definition) is 7. The van der Waals surface area contributed by atoms with Crippen molar-refractivity contribution < 1.29 is 41.7 Å². The van der Waals surface area contributed by atoms with Gasteiger partial charge in [0.2, 0.25) is 5.88 Å². The van der Waals surface area contributed by atoms with Gasteiger partial charge >= 0.3 is 17.9 Å². The van der Waals surface area contributed by atoms with Crippen molar-refractivity contribution in [2.45, 2.75) is 30.8 Å². The first-order chi connectivity index (χ1) is 18.5. The van der Waals surface area contributed by atoms with Crippen LogP contribution in [0.3, 0.4) is 0 Å². The summed E-state index contributed by atoms with van der Waals surface area (Å²) in [6.07, 6.45) is -0.389. The van der Waals surface area contributed by atoms with Crippen LogP contribution >= 0.6 is 0 Å². The number of carbonyl (C=O) groups excluding carboxylic acids is 1. The quantitative estimate of drug-likeness (QED) is 0.528. The molecule has 3 aliphatic rings. The van der Waals surface area contributed by atoms with Crippen LogP contribution in [0.2, 0.25) is 0 Å². The molecule has 39 heavy (non-hydrogen) atoms. The van der Waals surface area contributed by atoms with E-state index in [1.165, 1.54) is 0 Å². The summed E-state index contributed by atoms with van der Waals surface area (Å²) in [6, 6.07) is 8.15. The van der Waals surface area contributed by atoms with Crippen LogP contribution in [0.15, 0.2) is 30.3 Å². The molecule has 3 saturated heterocycles. The van der Waals surface area contributed by atoms with Crippen LogP contribution in [0.4, 0.5) is 33.9 Å². The first-order valence-electron chi connectivity index (χ1n) is 12.7. The van der Waals surface area contributed by atoms with Gasteiger partial charge in [-0.3, -0.25) is 0 Å². The van der Waals surface area contributed by atoms with E-state index in [-0.39, 0.29) is 26.2 Å². The Kier molecular flexibility index (Phi) is 7.33. The molecule has 1 atom stereocenters. The number of ether oxygens (including phenoxy) is 3. The molecule has 0 radical (unpaired) electrons. The lowest BCUT2D eigenvalue weighted by Gasteiger charge is -2.30. The highest BCUT2D eigenvalue weighted by Crippen LogP contribution is 2.54. The molecule has 9 nitrogen and oxygen atoms in total. The summed E-state index contributed by atoms with van der Waals surface area (Å²) in [4.78, 5) is 20.6. The minimum absolute atomic E-state index is 0.0695. The minimum atomic E-state index is -4.37. The fourth-order valence-corrected chi connectivity index (χ4v) is 5.11. The summed E-state index contributed by atoms with van der Waals surface area (Å²) >= 11 is 0. The van der Waals surface area contributed by atoms with E-state index in [0.29, 0.717) is 43.7 Å². The van der Waals surface area contributed by atoms with Crippen LogP contribution < -0.4 is 15.0 Å². The number of alkyl halides is 4. The zero-order chi connectivity index (χ0) is 27.8. The van der Waals surface area contributed by atoms with E-state index in [9.17, 15) is 27.5 Å². The lowest BCUT2D eigenvalue weighted by molar-refractivity contribution is -0.215. The average molecular weight is 555 g/mol. The summed E-state index contributed by atoms with van der Waals surface area (Å²) < 4.78 is 72.3. The zero-order valence-corrected chi connectivity index (χ0v) is 21.4. The monoisotopic (exact) mass is 554 g/mol. The summed E-state index contributed by atoms with van der Waals surface area (Å²) in [5.74, 6) is -7.65. The number of aliphatic hydroxyl groups is 1. The highest BCUT2D eigenvalue weighted by atomic mass is 19.3. The van der Waals surface area contributed by atoms with Gasteiger partial charge in [-0.2, -0.15) is 22.5 Å². The number of anilines is 2. The molecule has 0 saturated carbocycles. The number of likely N-dealkylation sites (tertiary alicyclic amines) is 1. The van der Waals surface area contributed by atoms with E-state index in [4.69, 9.17) is 14.2 Å². The fraction of sp³-hybridized carbons (Fsp3) is 0.538. The number of pyridine rings is 1. The normalized spacial score (nSPS) is 23.8. The highest BCUT2D eigenvalue weighted by Gasteiger charge is 2.76. The van der Waals surface area contributed by atoms with Crippen molar-refractivity contribution in [2.24, 2.45) is 0 Å². The Hall–Kier alpha value is -3.16. The van der Waals surface area contributed by atoms with Crippen molar-refractivity contribution >= 4 is 17.5 Å². The highest BCUT2D eigenvalue weighted by molar-refractivity contribution is 5.91. The SMILES string of the molecule is Cc1ccc(NC(=O)N2CCC3(C2)OCC(F)(F)C3(F)F)cc1-c1cc(OCCO)nc(N2CCOCC2)c1. The number of aromatic nitrogens is 1. The van der Waals surface area contributed by atoms with Crippen molar-refractivity contribution in [3.63, 3.8) is 0 Å².